The Kier molecular flexibility index (Phi) is 5.20. The minimum atomic E-state index is -4.68. The first kappa shape index (κ1) is 18.0. The maximum atomic E-state index is 13.3. The summed E-state index contributed by atoms with van der Waals surface area (Å²) in [6.45, 7) is 0. The molecular weight excluding hydrogens is 336 g/mol. The fraction of sp³-hybridized carbons (Fsp3) is 0.533. The van der Waals surface area contributed by atoms with E-state index in [1.807, 2.05) is 0 Å². The van der Waals surface area contributed by atoms with Crippen LogP contribution < -0.4 is 10.6 Å². The zero-order valence-electron chi connectivity index (χ0n) is 12.1. The van der Waals surface area contributed by atoms with Crippen molar-refractivity contribution in [2.75, 3.05) is 0 Å². The van der Waals surface area contributed by atoms with E-state index in [0.29, 0.717) is 24.2 Å². The first-order valence-corrected chi connectivity index (χ1v) is 7.26. The lowest BCUT2D eigenvalue weighted by Gasteiger charge is -2.29. The standard InChI is InChI=1S/C15H16F4N2O.ClH/c16-10-4-8(3-9(5-10)15(17,18)19)14(22)21-13-6-11-1-2-12(7-13)20-11;/h3-5,11-13,20H,1-2,6-7H2,(H,21,22);1H. The van der Waals surface area contributed by atoms with E-state index < -0.39 is 23.5 Å². The molecule has 2 saturated heterocycles. The molecule has 0 spiro atoms. The van der Waals surface area contributed by atoms with Crippen LogP contribution in [0.3, 0.4) is 0 Å². The molecule has 0 radical (unpaired) electrons. The van der Waals surface area contributed by atoms with Crippen LogP contribution in [0.4, 0.5) is 17.6 Å². The molecule has 2 aliphatic rings. The summed E-state index contributed by atoms with van der Waals surface area (Å²) in [4.78, 5) is 12.1. The molecule has 2 aliphatic heterocycles. The topological polar surface area (TPSA) is 41.1 Å². The minimum Gasteiger partial charge on any atom is -0.349 e. The van der Waals surface area contributed by atoms with Crippen LogP contribution in [0.15, 0.2) is 18.2 Å². The maximum absolute atomic E-state index is 13.3. The number of piperidine rings is 1. The summed E-state index contributed by atoms with van der Waals surface area (Å²) in [6.07, 6.45) is -1.07. The lowest BCUT2D eigenvalue weighted by molar-refractivity contribution is -0.137. The number of carbonyl (C=O) groups excluding carboxylic acids is 1. The van der Waals surface area contributed by atoms with Crippen LogP contribution in [0.25, 0.3) is 0 Å². The van der Waals surface area contributed by atoms with Crippen LogP contribution >= 0.6 is 12.4 Å². The third kappa shape index (κ3) is 4.14. The molecular formula is C15H17ClF4N2O. The third-order valence-corrected chi connectivity index (χ3v) is 4.30. The van der Waals surface area contributed by atoms with Crippen molar-refractivity contribution in [1.82, 2.24) is 10.6 Å². The molecule has 1 amide bonds. The average molecular weight is 353 g/mol. The number of alkyl halides is 3. The Hall–Kier alpha value is -1.34. The second-order valence-electron chi connectivity index (χ2n) is 6.01. The van der Waals surface area contributed by atoms with E-state index in [1.54, 1.807) is 0 Å². The number of halogens is 5. The molecule has 3 nitrogen and oxygen atoms in total. The SMILES string of the molecule is Cl.O=C(NC1CC2CCC(C1)N2)c1cc(F)cc(C(F)(F)F)c1. The van der Waals surface area contributed by atoms with Gasteiger partial charge in [-0.25, -0.2) is 4.39 Å². The van der Waals surface area contributed by atoms with Crippen molar-refractivity contribution in [3.05, 3.63) is 35.1 Å². The van der Waals surface area contributed by atoms with Gasteiger partial charge in [-0.2, -0.15) is 13.2 Å². The average Bonchev–Trinajstić information content (AvgIpc) is 2.76. The molecule has 0 aromatic heterocycles. The van der Waals surface area contributed by atoms with Gasteiger partial charge in [0.05, 0.1) is 5.56 Å². The van der Waals surface area contributed by atoms with E-state index in [4.69, 9.17) is 0 Å². The van der Waals surface area contributed by atoms with Gasteiger partial charge in [0.15, 0.2) is 0 Å². The van der Waals surface area contributed by atoms with Gasteiger partial charge in [-0.05, 0) is 43.9 Å². The predicted molar refractivity (Wildman–Crippen MR) is 79.1 cm³/mol. The summed E-state index contributed by atoms with van der Waals surface area (Å²) in [5.74, 6) is -1.72. The molecule has 0 saturated carbocycles. The highest BCUT2D eigenvalue weighted by Crippen LogP contribution is 2.31. The van der Waals surface area contributed by atoms with Gasteiger partial charge in [0.25, 0.3) is 5.91 Å². The zero-order valence-corrected chi connectivity index (χ0v) is 12.9. The van der Waals surface area contributed by atoms with E-state index in [9.17, 15) is 22.4 Å². The normalized spacial score (nSPS) is 26.5. The zero-order chi connectivity index (χ0) is 15.9. The molecule has 128 valence electrons. The Morgan fingerprint density at radius 2 is 1.74 bits per heavy atom. The van der Waals surface area contributed by atoms with Gasteiger partial charge in [0.2, 0.25) is 0 Å². The molecule has 3 rings (SSSR count). The molecule has 2 heterocycles. The van der Waals surface area contributed by atoms with Gasteiger partial charge in [-0.1, -0.05) is 0 Å². The van der Waals surface area contributed by atoms with Crippen LogP contribution in [0.5, 0.6) is 0 Å². The molecule has 2 N–H and O–H groups in total. The van der Waals surface area contributed by atoms with Crippen molar-refractivity contribution in [2.45, 2.75) is 50.0 Å². The van der Waals surface area contributed by atoms with Gasteiger partial charge in [-0.15, -0.1) is 12.4 Å². The smallest absolute Gasteiger partial charge is 0.349 e. The number of benzene rings is 1. The Morgan fingerprint density at radius 1 is 1.13 bits per heavy atom. The van der Waals surface area contributed by atoms with Crippen LogP contribution in [0.2, 0.25) is 0 Å². The number of amides is 1. The van der Waals surface area contributed by atoms with Crippen LogP contribution in [0, 0.1) is 5.82 Å². The largest absolute Gasteiger partial charge is 0.416 e. The van der Waals surface area contributed by atoms with Gasteiger partial charge < -0.3 is 10.6 Å². The van der Waals surface area contributed by atoms with Crippen molar-refractivity contribution in [3.8, 4) is 0 Å². The monoisotopic (exact) mass is 352 g/mol. The lowest BCUT2D eigenvalue weighted by Crippen LogP contribution is -2.48. The van der Waals surface area contributed by atoms with Crippen molar-refractivity contribution in [3.63, 3.8) is 0 Å². The Balaban J connectivity index is 0.00000192. The molecule has 1 aromatic rings. The summed E-state index contributed by atoms with van der Waals surface area (Å²) in [5, 5.41) is 6.14. The first-order chi connectivity index (χ1) is 10.3. The fourth-order valence-corrected chi connectivity index (χ4v) is 3.33. The number of hydrogen-bond acceptors (Lipinski definition) is 2. The summed E-state index contributed by atoms with van der Waals surface area (Å²) in [5.41, 5.74) is -1.44. The third-order valence-electron chi connectivity index (χ3n) is 4.30. The summed E-state index contributed by atoms with van der Waals surface area (Å²) in [6, 6.07) is 2.53. The maximum Gasteiger partial charge on any atom is 0.416 e. The van der Waals surface area contributed by atoms with Crippen molar-refractivity contribution in [1.29, 1.82) is 0 Å². The fourth-order valence-electron chi connectivity index (χ4n) is 3.33. The molecule has 8 heteroatoms. The van der Waals surface area contributed by atoms with Gasteiger partial charge in [0, 0.05) is 23.7 Å². The van der Waals surface area contributed by atoms with Crippen molar-refractivity contribution in [2.24, 2.45) is 0 Å². The van der Waals surface area contributed by atoms with E-state index in [2.05, 4.69) is 10.6 Å². The molecule has 2 atom stereocenters. The summed E-state index contributed by atoms with van der Waals surface area (Å²) < 4.78 is 51.4. The van der Waals surface area contributed by atoms with Gasteiger partial charge >= 0.3 is 6.18 Å². The van der Waals surface area contributed by atoms with Gasteiger partial charge in [0.1, 0.15) is 5.82 Å². The molecule has 2 fully saturated rings. The Morgan fingerprint density at radius 3 is 2.30 bits per heavy atom. The lowest BCUT2D eigenvalue weighted by atomic mass is 9.99. The minimum absolute atomic E-state index is 0. The number of carbonyl (C=O) groups is 1. The highest BCUT2D eigenvalue weighted by Gasteiger charge is 2.35. The van der Waals surface area contributed by atoms with E-state index in [0.717, 1.165) is 31.7 Å². The summed E-state index contributed by atoms with van der Waals surface area (Å²) in [7, 11) is 0. The predicted octanol–water partition coefficient (Wildman–Crippen LogP) is 3.28. The molecule has 2 bridgehead atoms. The van der Waals surface area contributed by atoms with E-state index in [1.165, 1.54) is 0 Å². The van der Waals surface area contributed by atoms with Crippen LogP contribution in [0.1, 0.15) is 41.6 Å². The number of fused-ring (bicyclic) bond motifs is 2. The molecule has 23 heavy (non-hydrogen) atoms. The number of hydrogen-bond donors (Lipinski definition) is 2. The molecule has 1 aromatic carbocycles. The van der Waals surface area contributed by atoms with Crippen LogP contribution in [-0.2, 0) is 6.18 Å². The van der Waals surface area contributed by atoms with Crippen LogP contribution in [-0.4, -0.2) is 24.0 Å². The van der Waals surface area contributed by atoms with E-state index in [-0.39, 0.29) is 24.0 Å². The second-order valence-corrected chi connectivity index (χ2v) is 6.01. The highest BCUT2D eigenvalue weighted by atomic mass is 35.5. The van der Waals surface area contributed by atoms with Crippen molar-refractivity contribution < 1.29 is 22.4 Å². The van der Waals surface area contributed by atoms with Crippen molar-refractivity contribution >= 4 is 18.3 Å². The molecule has 2 unspecified atom stereocenters. The highest BCUT2D eigenvalue weighted by molar-refractivity contribution is 5.94. The number of rotatable bonds is 2. The molecule has 0 aliphatic carbocycles. The Bertz CT molecular complexity index is 581. The Labute approximate surface area is 137 Å². The quantitative estimate of drug-likeness (QED) is 0.802. The first-order valence-electron chi connectivity index (χ1n) is 7.26. The van der Waals surface area contributed by atoms with E-state index >= 15 is 0 Å². The summed E-state index contributed by atoms with van der Waals surface area (Å²) >= 11 is 0. The second kappa shape index (κ2) is 6.65. The number of nitrogens with one attached hydrogen (secondary N) is 2. The van der Waals surface area contributed by atoms with Gasteiger partial charge in [-0.3, -0.25) is 4.79 Å².